The molecule has 0 amide bonds. The molecule has 0 aliphatic carbocycles. The number of hydrogen-bond donors (Lipinski definition) is 0. The van der Waals surface area contributed by atoms with Crippen molar-refractivity contribution >= 4 is 15.8 Å². The summed E-state index contributed by atoms with van der Waals surface area (Å²) < 4.78 is 23.1. The Morgan fingerprint density at radius 3 is 2.21 bits per heavy atom. The van der Waals surface area contributed by atoms with Gasteiger partial charge in [0.05, 0.1) is 10.9 Å². The highest BCUT2D eigenvalue weighted by atomic mass is 32.2. The number of carboxylic acid groups (broad SMARTS) is 1. The molecule has 0 heterocycles. The average Bonchev–Trinajstić information content (AvgIpc) is 2.18. The standard InChI is InChI=1S/C9H10O4S/c1-7(9(10)11)14(12,13)8-5-3-2-4-6-8/h2-7H,1H3,(H,10,11)/p-1/t7-/m0/s1. The van der Waals surface area contributed by atoms with Gasteiger partial charge in [0.2, 0.25) is 0 Å². The van der Waals surface area contributed by atoms with Gasteiger partial charge in [-0.2, -0.15) is 0 Å². The van der Waals surface area contributed by atoms with Crippen LogP contribution in [-0.4, -0.2) is 19.6 Å². The maximum atomic E-state index is 11.6. The summed E-state index contributed by atoms with van der Waals surface area (Å²) in [5.41, 5.74) is 0. The number of carboxylic acids is 1. The highest BCUT2D eigenvalue weighted by molar-refractivity contribution is 7.92. The highest BCUT2D eigenvalue weighted by Gasteiger charge is 2.23. The molecule has 0 fully saturated rings. The number of carbonyl (C=O) groups is 1. The zero-order valence-corrected chi connectivity index (χ0v) is 8.32. The van der Waals surface area contributed by atoms with Crippen LogP contribution in [0.5, 0.6) is 0 Å². The van der Waals surface area contributed by atoms with Gasteiger partial charge in [0, 0.05) is 0 Å². The van der Waals surface area contributed by atoms with Gasteiger partial charge in [0.15, 0.2) is 9.84 Å². The molecule has 76 valence electrons. The van der Waals surface area contributed by atoms with Crippen molar-refractivity contribution in [2.75, 3.05) is 0 Å². The first kappa shape index (κ1) is 10.7. The summed E-state index contributed by atoms with van der Waals surface area (Å²) in [7, 11) is -3.80. The fraction of sp³-hybridized carbons (Fsp3) is 0.222. The third kappa shape index (κ3) is 1.93. The van der Waals surface area contributed by atoms with Gasteiger partial charge in [-0.15, -0.1) is 0 Å². The van der Waals surface area contributed by atoms with Gasteiger partial charge < -0.3 is 9.90 Å². The maximum Gasteiger partial charge on any atom is 0.186 e. The third-order valence-corrected chi connectivity index (χ3v) is 3.92. The fourth-order valence-electron chi connectivity index (χ4n) is 0.941. The molecule has 0 radical (unpaired) electrons. The number of aliphatic carboxylic acids is 1. The smallest absolute Gasteiger partial charge is 0.186 e. The Balaban J connectivity index is 3.16. The number of carbonyl (C=O) groups excluding carboxylic acids is 1. The maximum absolute atomic E-state index is 11.6. The second-order valence-electron chi connectivity index (χ2n) is 2.82. The van der Waals surface area contributed by atoms with Crippen LogP contribution in [0.4, 0.5) is 0 Å². The predicted molar refractivity (Wildman–Crippen MR) is 48.1 cm³/mol. The van der Waals surface area contributed by atoms with Gasteiger partial charge in [0.25, 0.3) is 0 Å². The van der Waals surface area contributed by atoms with Crippen molar-refractivity contribution in [3.05, 3.63) is 30.3 Å². The lowest BCUT2D eigenvalue weighted by molar-refractivity contribution is -0.304. The van der Waals surface area contributed by atoms with Crippen LogP contribution in [0.1, 0.15) is 6.92 Å². The van der Waals surface area contributed by atoms with Crippen LogP contribution in [0, 0.1) is 0 Å². The Morgan fingerprint density at radius 2 is 1.79 bits per heavy atom. The first-order valence-electron chi connectivity index (χ1n) is 3.96. The average molecular weight is 213 g/mol. The molecule has 0 aromatic heterocycles. The van der Waals surface area contributed by atoms with E-state index < -0.39 is 21.1 Å². The number of rotatable bonds is 3. The molecular weight excluding hydrogens is 204 g/mol. The molecule has 0 aliphatic heterocycles. The Hall–Kier alpha value is -1.36. The van der Waals surface area contributed by atoms with E-state index in [2.05, 4.69) is 0 Å². The minimum Gasteiger partial charge on any atom is -0.549 e. The molecule has 1 aromatic carbocycles. The zero-order chi connectivity index (χ0) is 10.8. The highest BCUT2D eigenvalue weighted by Crippen LogP contribution is 2.14. The van der Waals surface area contributed by atoms with Crippen LogP contribution in [0.3, 0.4) is 0 Å². The molecular formula is C9H9O4S-. The summed E-state index contributed by atoms with van der Waals surface area (Å²) >= 11 is 0. The molecule has 0 spiro atoms. The van der Waals surface area contributed by atoms with E-state index in [-0.39, 0.29) is 4.90 Å². The second kappa shape index (κ2) is 3.79. The van der Waals surface area contributed by atoms with Crippen molar-refractivity contribution in [2.24, 2.45) is 0 Å². The van der Waals surface area contributed by atoms with Crippen LogP contribution < -0.4 is 5.11 Å². The molecule has 0 saturated carbocycles. The van der Waals surface area contributed by atoms with Crippen molar-refractivity contribution in [3.63, 3.8) is 0 Å². The van der Waals surface area contributed by atoms with E-state index in [1.54, 1.807) is 6.07 Å². The van der Waals surface area contributed by atoms with Crippen molar-refractivity contribution < 1.29 is 18.3 Å². The monoisotopic (exact) mass is 213 g/mol. The van der Waals surface area contributed by atoms with Crippen LogP contribution in [-0.2, 0) is 14.6 Å². The molecule has 1 rings (SSSR count). The molecule has 1 aromatic rings. The van der Waals surface area contributed by atoms with Crippen molar-refractivity contribution in [3.8, 4) is 0 Å². The SMILES string of the molecule is C[C@@H](C(=O)[O-])S(=O)(=O)c1ccccc1. The first-order chi connectivity index (χ1) is 6.46. The summed E-state index contributed by atoms with van der Waals surface area (Å²) in [4.78, 5) is 10.4. The normalized spacial score (nSPS) is 13.5. The summed E-state index contributed by atoms with van der Waals surface area (Å²) in [6, 6.07) is 7.44. The van der Waals surface area contributed by atoms with Crippen LogP contribution in [0.15, 0.2) is 35.2 Å². The van der Waals surface area contributed by atoms with E-state index in [0.717, 1.165) is 6.92 Å². The van der Waals surface area contributed by atoms with E-state index in [1.165, 1.54) is 24.3 Å². The lowest BCUT2D eigenvalue weighted by Gasteiger charge is -2.13. The third-order valence-electron chi connectivity index (χ3n) is 1.87. The number of sulfone groups is 1. The van der Waals surface area contributed by atoms with Gasteiger partial charge in [-0.3, -0.25) is 0 Å². The molecule has 0 saturated heterocycles. The van der Waals surface area contributed by atoms with E-state index >= 15 is 0 Å². The lowest BCUT2D eigenvalue weighted by atomic mass is 10.4. The van der Waals surface area contributed by atoms with E-state index in [9.17, 15) is 18.3 Å². The van der Waals surface area contributed by atoms with Crippen LogP contribution in [0.2, 0.25) is 0 Å². The summed E-state index contributed by atoms with van der Waals surface area (Å²) in [5.74, 6) is -1.59. The van der Waals surface area contributed by atoms with Gasteiger partial charge in [-0.25, -0.2) is 8.42 Å². The van der Waals surface area contributed by atoms with Crippen molar-refractivity contribution in [1.29, 1.82) is 0 Å². The molecule has 0 unspecified atom stereocenters. The lowest BCUT2D eigenvalue weighted by Crippen LogP contribution is -2.38. The second-order valence-corrected chi connectivity index (χ2v) is 5.09. The molecule has 0 N–H and O–H groups in total. The van der Waals surface area contributed by atoms with Gasteiger partial charge in [-0.1, -0.05) is 18.2 Å². The topological polar surface area (TPSA) is 74.3 Å². The first-order valence-corrected chi connectivity index (χ1v) is 5.50. The van der Waals surface area contributed by atoms with E-state index in [4.69, 9.17) is 0 Å². The van der Waals surface area contributed by atoms with Crippen molar-refractivity contribution in [2.45, 2.75) is 17.1 Å². The minimum absolute atomic E-state index is 0.00306. The Kier molecular flexibility index (Phi) is 2.90. The molecule has 0 bridgehead atoms. The zero-order valence-electron chi connectivity index (χ0n) is 7.51. The van der Waals surface area contributed by atoms with Crippen LogP contribution in [0.25, 0.3) is 0 Å². The molecule has 5 heteroatoms. The Morgan fingerprint density at radius 1 is 1.29 bits per heavy atom. The summed E-state index contributed by atoms with van der Waals surface area (Å²) in [5, 5.41) is 8.91. The number of benzene rings is 1. The Labute approximate surface area is 82.1 Å². The molecule has 4 nitrogen and oxygen atoms in total. The largest absolute Gasteiger partial charge is 0.549 e. The van der Waals surface area contributed by atoms with E-state index in [1.807, 2.05) is 0 Å². The minimum atomic E-state index is -3.80. The summed E-state index contributed by atoms with van der Waals surface area (Å²) in [6.07, 6.45) is 0. The van der Waals surface area contributed by atoms with Gasteiger partial charge in [-0.05, 0) is 19.1 Å². The van der Waals surface area contributed by atoms with Gasteiger partial charge in [0.1, 0.15) is 5.25 Å². The fourth-order valence-corrected chi connectivity index (χ4v) is 2.14. The molecule has 0 aliphatic rings. The number of hydrogen-bond acceptors (Lipinski definition) is 4. The Bertz CT molecular complexity index is 421. The van der Waals surface area contributed by atoms with Gasteiger partial charge >= 0.3 is 0 Å². The quantitative estimate of drug-likeness (QED) is 0.684. The van der Waals surface area contributed by atoms with Crippen LogP contribution >= 0.6 is 0 Å². The summed E-state index contributed by atoms with van der Waals surface area (Å²) in [6.45, 7) is 1.09. The molecule has 14 heavy (non-hydrogen) atoms. The predicted octanol–water partition coefficient (Wildman–Crippen LogP) is -0.401. The van der Waals surface area contributed by atoms with E-state index in [0.29, 0.717) is 0 Å². The van der Waals surface area contributed by atoms with Crippen molar-refractivity contribution in [1.82, 2.24) is 0 Å². The molecule has 1 atom stereocenters.